The molecule has 162 valence electrons. The van der Waals surface area contributed by atoms with Gasteiger partial charge in [0, 0.05) is 6.54 Å². The number of ether oxygens (including phenoxy) is 1. The van der Waals surface area contributed by atoms with E-state index >= 15 is 0 Å². The highest BCUT2D eigenvalue weighted by atomic mass is 32.1. The van der Waals surface area contributed by atoms with Gasteiger partial charge in [-0.3, -0.25) is 4.79 Å². The standard InChI is InChI=1S/C24H21FN4O2S/c1-15-10-11-19(31-2)21-18(15)8-4-12-28(21)24(30)22-26-23(20-9-5-13-32-20)29(27-22)17-7-3-6-16(25)14-17/h3,5-7,9-11,13-14H,4,8,12H2,1-2H3. The fourth-order valence-electron chi connectivity index (χ4n) is 4.10. The topological polar surface area (TPSA) is 60.2 Å². The highest BCUT2D eigenvalue weighted by molar-refractivity contribution is 7.13. The van der Waals surface area contributed by atoms with E-state index in [9.17, 15) is 9.18 Å². The molecule has 3 heterocycles. The summed E-state index contributed by atoms with van der Waals surface area (Å²) < 4.78 is 21.0. The lowest BCUT2D eigenvalue weighted by atomic mass is 9.96. The smallest absolute Gasteiger partial charge is 0.298 e. The van der Waals surface area contributed by atoms with Crippen LogP contribution in [-0.4, -0.2) is 34.3 Å². The molecular weight excluding hydrogens is 427 g/mol. The molecule has 0 unspecified atom stereocenters. The molecule has 0 radical (unpaired) electrons. The molecule has 0 saturated heterocycles. The Labute approximate surface area is 188 Å². The molecule has 0 aliphatic carbocycles. The number of benzene rings is 2. The number of amides is 1. The first kappa shape index (κ1) is 20.4. The predicted octanol–water partition coefficient (Wildman–Crippen LogP) is 5.04. The summed E-state index contributed by atoms with van der Waals surface area (Å²) in [5.74, 6) is 0.536. The Balaban J connectivity index is 1.62. The molecule has 2 aromatic carbocycles. The molecule has 1 aliphatic heterocycles. The van der Waals surface area contributed by atoms with Crippen molar-refractivity contribution >= 4 is 22.9 Å². The van der Waals surface area contributed by atoms with Crippen LogP contribution in [0.4, 0.5) is 10.1 Å². The van der Waals surface area contributed by atoms with Crippen LogP contribution >= 0.6 is 11.3 Å². The third kappa shape index (κ3) is 3.46. The fourth-order valence-corrected chi connectivity index (χ4v) is 4.80. The summed E-state index contributed by atoms with van der Waals surface area (Å²) in [7, 11) is 1.61. The van der Waals surface area contributed by atoms with Crippen molar-refractivity contribution in [2.24, 2.45) is 0 Å². The van der Waals surface area contributed by atoms with Crippen molar-refractivity contribution in [3.05, 3.63) is 76.7 Å². The van der Waals surface area contributed by atoms with E-state index in [1.165, 1.54) is 28.2 Å². The lowest BCUT2D eigenvalue weighted by Gasteiger charge is -2.31. The summed E-state index contributed by atoms with van der Waals surface area (Å²) in [6.45, 7) is 2.59. The van der Waals surface area contributed by atoms with Gasteiger partial charge in [0.15, 0.2) is 5.82 Å². The Bertz CT molecular complexity index is 1300. The summed E-state index contributed by atoms with van der Waals surface area (Å²) in [5.41, 5.74) is 3.51. The van der Waals surface area contributed by atoms with Gasteiger partial charge in [-0.25, -0.2) is 14.1 Å². The average Bonchev–Trinajstić information content (AvgIpc) is 3.49. The average molecular weight is 449 g/mol. The SMILES string of the molecule is COc1ccc(C)c2c1N(C(=O)c1nc(-c3cccs3)n(-c3cccc(F)c3)n1)CCC2. The molecule has 0 atom stereocenters. The minimum absolute atomic E-state index is 0.0640. The van der Waals surface area contributed by atoms with Gasteiger partial charge < -0.3 is 9.64 Å². The van der Waals surface area contributed by atoms with Gasteiger partial charge in [0.1, 0.15) is 11.6 Å². The monoisotopic (exact) mass is 448 g/mol. The van der Waals surface area contributed by atoms with Crippen LogP contribution < -0.4 is 9.64 Å². The second-order valence-corrected chi connectivity index (χ2v) is 8.55. The third-order valence-electron chi connectivity index (χ3n) is 5.62. The highest BCUT2D eigenvalue weighted by Gasteiger charge is 2.31. The quantitative estimate of drug-likeness (QED) is 0.439. The number of aromatic nitrogens is 3. The number of hydrogen-bond donors (Lipinski definition) is 0. The van der Waals surface area contributed by atoms with Crippen molar-refractivity contribution in [3.63, 3.8) is 0 Å². The number of methoxy groups -OCH3 is 1. The van der Waals surface area contributed by atoms with E-state index in [0.717, 1.165) is 34.5 Å². The van der Waals surface area contributed by atoms with Gasteiger partial charge in [-0.2, -0.15) is 0 Å². The molecule has 4 aromatic rings. The Kier molecular flexibility index (Phi) is 5.22. The first-order valence-corrected chi connectivity index (χ1v) is 11.2. The Morgan fingerprint density at radius 1 is 1.19 bits per heavy atom. The van der Waals surface area contributed by atoms with Crippen LogP contribution in [0, 0.1) is 12.7 Å². The zero-order chi connectivity index (χ0) is 22.2. The van der Waals surface area contributed by atoms with Gasteiger partial charge >= 0.3 is 0 Å². The summed E-state index contributed by atoms with van der Waals surface area (Å²) >= 11 is 1.48. The van der Waals surface area contributed by atoms with Gasteiger partial charge in [-0.15, -0.1) is 16.4 Å². The Hall–Kier alpha value is -3.52. The van der Waals surface area contributed by atoms with Crippen LogP contribution in [0.3, 0.4) is 0 Å². The number of carbonyl (C=O) groups excluding carboxylic acids is 1. The van der Waals surface area contributed by atoms with Crippen molar-refractivity contribution in [3.8, 4) is 22.1 Å². The molecule has 0 fully saturated rings. The molecule has 0 spiro atoms. The number of rotatable bonds is 4. The second kappa shape index (κ2) is 8.20. The van der Waals surface area contributed by atoms with Gasteiger partial charge in [0.05, 0.1) is 23.4 Å². The number of aryl methyl sites for hydroxylation is 1. The Morgan fingerprint density at radius 2 is 2.06 bits per heavy atom. The second-order valence-electron chi connectivity index (χ2n) is 7.60. The molecule has 2 aromatic heterocycles. The number of fused-ring (bicyclic) bond motifs is 1. The van der Waals surface area contributed by atoms with Gasteiger partial charge in [-0.05, 0) is 66.6 Å². The van der Waals surface area contributed by atoms with E-state index < -0.39 is 0 Å². The van der Waals surface area contributed by atoms with E-state index in [1.807, 2.05) is 36.6 Å². The summed E-state index contributed by atoms with van der Waals surface area (Å²) in [4.78, 5) is 20.8. The van der Waals surface area contributed by atoms with E-state index in [4.69, 9.17) is 4.74 Å². The molecule has 8 heteroatoms. The van der Waals surface area contributed by atoms with E-state index in [2.05, 4.69) is 10.1 Å². The van der Waals surface area contributed by atoms with Crippen LogP contribution in [0.15, 0.2) is 53.9 Å². The van der Waals surface area contributed by atoms with Gasteiger partial charge in [0.2, 0.25) is 5.82 Å². The number of carbonyl (C=O) groups is 1. The Morgan fingerprint density at radius 3 is 2.81 bits per heavy atom. The largest absolute Gasteiger partial charge is 0.495 e. The minimum Gasteiger partial charge on any atom is -0.495 e. The van der Waals surface area contributed by atoms with E-state index in [1.54, 1.807) is 24.1 Å². The first-order chi connectivity index (χ1) is 15.6. The summed E-state index contributed by atoms with van der Waals surface area (Å²) in [6.07, 6.45) is 1.73. The van der Waals surface area contributed by atoms with Crippen LogP contribution in [0.1, 0.15) is 28.2 Å². The van der Waals surface area contributed by atoms with Crippen LogP contribution in [0.25, 0.3) is 16.4 Å². The van der Waals surface area contributed by atoms with Crippen molar-refractivity contribution in [1.29, 1.82) is 0 Å². The zero-order valence-electron chi connectivity index (χ0n) is 17.7. The minimum atomic E-state index is -0.381. The van der Waals surface area contributed by atoms with Crippen LogP contribution in [-0.2, 0) is 6.42 Å². The van der Waals surface area contributed by atoms with Crippen LogP contribution in [0.5, 0.6) is 5.75 Å². The molecule has 32 heavy (non-hydrogen) atoms. The molecule has 5 rings (SSSR count). The molecule has 0 N–H and O–H groups in total. The lowest BCUT2D eigenvalue weighted by Crippen LogP contribution is -2.36. The fraction of sp³-hybridized carbons (Fsp3) is 0.208. The van der Waals surface area contributed by atoms with Gasteiger partial charge in [0.25, 0.3) is 5.91 Å². The number of thiophene rings is 1. The molecule has 1 amide bonds. The summed E-state index contributed by atoms with van der Waals surface area (Å²) in [5, 5.41) is 6.44. The lowest BCUT2D eigenvalue weighted by molar-refractivity contribution is 0.0974. The first-order valence-electron chi connectivity index (χ1n) is 10.3. The molecular formula is C24H21FN4O2S. The summed E-state index contributed by atoms with van der Waals surface area (Å²) in [6, 6.07) is 13.8. The van der Waals surface area contributed by atoms with Crippen molar-refractivity contribution in [2.45, 2.75) is 19.8 Å². The van der Waals surface area contributed by atoms with Crippen molar-refractivity contribution in [2.75, 3.05) is 18.6 Å². The number of anilines is 1. The number of hydrogen-bond acceptors (Lipinski definition) is 5. The van der Waals surface area contributed by atoms with Crippen molar-refractivity contribution < 1.29 is 13.9 Å². The maximum Gasteiger partial charge on any atom is 0.298 e. The zero-order valence-corrected chi connectivity index (χ0v) is 18.5. The molecule has 0 bridgehead atoms. The maximum atomic E-state index is 13.9. The predicted molar refractivity (Wildman–Crippen MR) is 122 cm³/mol. The van der Waals surface area contributed by atoms with E-state index in [-0.39, 0.29) is 17.5 Å². The van der Waals surface area contributed by atoms with Gasteiger partial charge in [-0.1, -0.05) is 18.2 Å². The van der Waals surface area contributed by atoms with Crippen molar-refractivity contribution in [1.82, 2.24) is 14.8 Å². The normalized spacial score (nSPS) is 13.2. The van der Waals surface area contributed by atoms with Crippen LogP contribution in [0.2, 0.25) is 0 Å². The van der Waals surface area contributed by atoms with E-state index in [0.29, 0.717) is 23.8 Å². The number of halogens is 1. The highest BCUT2D eigenvalue weighted by Crippen LogP contribution is 2.39. The molecule has 0 saturated carbocycles. The maximum absolute atomic E-state index is 13.9. The molecule has 1 aliphatic rings. The molecule has 6 nitrogen and oxygen atoms in total. The third-order valence-corrected chi connectivity index (χ3v) is 6.48. The number of nitrogens with zero attached hydrogens (tertiary/aromatic N) is 4.